The summed E-state index contributed by atoms with van der Waals surface area (Å²) in [6.45, 7) is 3.55. The molecule has 2 rings (SSSR count). The SMILES string of the molecule is Cc1nc(CNCC(Cl)c2ccccc2)cs1. The lowest BCUT2D eigenvalue weighted by Gasteiger charge is -2.10. The molecule has 0 fully saturated rings. The Labute approximate surface area is 111 Å². The number of hydrogen-bond donors (Lipinski definition) is 1. The van der Waals surface area contributed by atoms with E-state index in [4.69, 9.17) is 11.6 Å². The Kier molecular flexibility index (Phi) is 4.54. The van der Waals surface area contributed by atoms with Crippen LogP contribution in [0, 0.1) is 6.92 Å². The van der Waals surface area contributed by atoms with Crippen LogP contribution in [0.25, 0.3) is 0 Å². The second-order valence-electron chi connectivity index (χ2n) is 3.87. The van der Waals surface area contributed by atoms with Crippen molar-refractivity contribution in [3.8, 4) is 0 Å². The van der Waals surface area contributed by atoms with Crippen molar-refractivity contribution in [3.63, 3.8) is 0 Å². The number of benzene rings is 1. The highest BCUT2D eigenvalue weighted by molar-refractivity contribution is 7.09. The van der Waals surface area contributed by atoms with E-state index in [1.807, 2.05) is 37.3 Å². The van der Waals surface area contributed by atoms with Crippen LogP contribution in [0.2, 0.25) is 0 Å². The Bertz CT molecular complexity index is 455. The largest absolute Gasteiger partial charge is 0.309 e. The molecule has 0 aliphatic carbocycles. The summed E-state index contributed by atoms with van der Waals surface area (Å²) in [4.78, 5) is 4.39. The fraction of sp³-hybridized carbons (Fsp3) is 0.308. The van der Waals surface area contributed by atoms with E-state index in [-0.39, 0.29) is 5.38 Å². The van der Waals surface area contributed by atoms with E-state index in [9.17, 15) is 0 Å². The molecule has 2 nitrogen and oxygen atoms in total. The van der Waals surface area contributed by atoms with E-state index in [0.717, 1.165) is 29.4 Å². The van der Waals surface area contributed by atoms with Gasteiger partial charge in [0.05, 0.1) is 16.1 Å². The highest BCUT2D eigenvalue weighted by atomic mass is 35.5. The molecule has 0 saturated carbocycles. The van der Waals surface area contributed by atoms with Crippen LogP contribution in [0.5, 0.6) is 0 Å². The van der Waals surface area contributed by atoms with Crippen molar-refractivity contribution in [2.75, 3.05) is 6.54 Å². The maximum Gasteiger partial charge on any atom is 0.0897 e. The average molecular weight is 267 g/mol. The Morgan fingerprint density at radius 2 is 2.12 bits per heavy atom. The van der Waals surface area contributed by atoms with E-state index in [0.29, 0.717) is 0 Å². The quantitative estimate of drug-likeness (QED) is 0.838. The zero-order valence-corrected chi connectivity index (χ0v) is 11.3. The molecule has 1 atom stereocenters. The maximum absolute atomic E-state index is 6.30. The lowest BCUT2D eigenvalue weighted by molar-refractivity contribution is 0.665. The number of thiazole rings is 1. The number of nitrogens with zero attached hydrogens (tertiary/aromatic N) is 1. The zero-order valence-electron chi connectivity index (χ0n) is 9.69. The fourth-order valence-corrected chi connectivity index (χ4v) is 2.46. The number of nitrogens with one attached hydrogen (secondary N) is 1. The van der Waals surface area contributed by atoms with Crippen LogP contribution in [0.4, 0.5) is 0 Å². The first-order valence-corrected chi connectivity index (χ1v) is 6.88. The molecule has 4 heteroatoms. The van der Waals surface area contributed by atoms with E-state index < -0.39 is 0 Å². The Hall–Kier alpha value is -0.900. The highest BCUT2D eigenvalue weighted by Gasteiger charge is 2.06. The maximum atomic E-state index is 6.30. The van der Waals surface area contributed by atoms with Gasteiger partial charge in [-0.2, -0.15) is 0 Å². The third-order valence-electron chi connectivity index (χ3n) is 2.46. The van der Waals surface area contributed by atoms with Crippen molar-refractivity contribution in [1.82, 2.24) is 10.3 Å². The fourth-order valence-electron chi connectivity index (χ4n) is 1.60. The first kappa shape index (κ1) is 12.6. The molecule has 2 aromatic rings. The van der Waals surface area contributed by atoms with Crippen molar-refractivity contribution >= 4 is 22.9 Å². The predicted molar refractivity (Wildman–Crippen MR) is 73.6 cm³/mol. The molecule has 0 amide bonds. The van der Waals surface area contributed by atoms with E-state index in [2.05, 4.69) is 15.7 Å². The summed E-state index contributed by atoms with van der Waals surface area (Å²) in [6.07, 6.45) is 0. The summed E-state index contributed by atoms with van der Waals surface area (Å²) >= 11 is 7.97. The lowest BCUT2D eigenvalue weighted by Crippen LogP contribution is -2.18. The van der Waals surface area contributed by atoms with Crippen LogP contribution >= 0.6 is 22.9 Å². The number of hydrogen-bond acceptors (Lipinski definition) is 3. The smallest absolute Gasteiger partial charge is 0.0897 e. The van der Waals surface area contributed by atoms with Crippen molar-refractivity contribution in [2.24, 2.45) is 0 Å². The monoisotopic (exact) mass is 266 g/mol. The Morgan fingerprint density at radius 3 is 2.76 bits per heavy atom. The highest BCUT2D eigenvalue weighted by Crippen LogP contribution is 2.18. The molecule has 90 valence electrons. The van der Waals surface area contributed by atoms with Gasteiger partial charge in [-0.3, -0.25) is 0 Å². The van der Waals surface area contributed by atoms with Gasteiger partial charge in [0.25, 0.3) is 0 Å². The molecule has 0 spiro atoms. The van der Waals surface area contributed by atoms with Gasteiger partial charge in [-0.1, -0.05) is 30.3 Å². The van der Waals surface area contributed by atoms with Crippen molar-refractivity contribution in [2.45, 2.75) is 18.8 Å². The molecule has 1 aromatic carbocycles. The minimum Gasteiger partial charge on any atom is -0.309 e. The lowest BCUT2D eigenvalue weighted by atomic mass is 10.1. The molecule has 1 heterocycles. The van der Waals surface area contributed by atoms with Crippen LogP contribution in [-0.4, -0.2) is 11.5 Å². The molecular weight excluding hydrogens is 252 g/mol. The van der Waals surface area contributed by atoms with Gasteiger partial charge < -0.3 is 5.32 Å². The number of halogens is 1. The molecular formula is C13H15ClN2S. The Morgan fingerprint density at radius 1 is 1.35 bits per heavy atom. The second-order valence-corrected chi connectivity index (χ2v) is 5.46. The summed E-state index contributed by atoms with van der Waals surface area (Å²) in [5, 5.41) is 6.52. The van der Waals surface area contributed by atoms with Gasteiger partial charge in [-0.25, -0.2) is 4.98 Å². The molecule has 1 aromatic heterocycles. The standard InChI is InChI=1S/C13H15ClN2S/c1-10-16-12(9-17-10)7-15-8-13(14)11-5-3-2-4-6-11/h2-6,9,13,15H,7-8H2,1H3. The van der Waals surface area contributed by atoms with Gasteiger partial charge in [0.2, 0.25) is 0 Å². The molecule has 0 saturated heterocycles. The Balaban J connectivity index is 1.79. The normalized spacial score (nSPS) is 12.6. The van der Waals surface area contributed by atoms with E-state index in [1.54, 1.807) is 11.3 Å². The van der Waals surface area contributed by atoms with Crippen LogP contribution in [-0.2, 0) is 6.54 Å². The molecule has 0 radical (unpaired) electrons. The number of aromatic nitrogens is 1. The van der Waals surface area contributed by atoms with Crippen LogP contribution < -0.4 is 5.32 Å². The second kappa shape index (κ2) is 6.15. The molecule has 1 unspecified atom stereocenters. The zero-order chi connectivity index (χ0) is 12.1. The van der Waals surface area contributed by atoms with Crippen LogP contribution in [0.1, 0.15) is 21.6 Å². The molecule has 0 bridgehead atoms. The first-order chi connectivity index (χ1) is 8.25. The van der Waals surface area contributed by atoms with Crippen molar-refractivity contribution < 1.29 is 0 Å². The summed E-state index contributed by atoms with van der Waals surface area (Å²) in [6, 6.07) is 10.1. The van der Waals surface area contributed by atoms with Gasteiger partial charge in [0, 0.05) is 18.5 Å². The topological polar surface area (TPSA) is 24.9 Å². The van der Waals surface area contributed by atoms with Gasteiger partial charge in [0.1, 0.15) is 0 Å². The summed E-state index contributed by atoms with van der Waals surface area (Å²) in [7, 11) is 0. The van der Waals surface area contributed by atoms with Gasteiger partial charge in [-0.05, 0) is 12.5 Å². The average Bonchev–Trinajstić information content (AvgIpc) is 2.76. The van der Waals surface area contributed by atoms with E-state index in [1.165, 1.54) is 0 Å². The number of rotatable bonds is 5. The molecule has 0 aliphatic heterocycles. The van der Waals surface area contributed by atoms with Gasteiger partial charge >= 0.3 is 0 Å². The summed E-state index contributed by atoms with van der Waals surface area (Å²) in [5.41, 5.74) is 2.24. The first-order valence-electron chi connectivity index (χ1n) is 5.56. The third kappa shape index (κ3) is 3.80. The summed E-state index contributed by atoms with van der Waals surface area (Å²) < 4.78 is 0. The minimum absolute atomic E-state index is 0.0101. The third-order valence-corrected chi connectivity index (χ3v) is 3.69. The minimum atomic E-state index is 0.0101. The molecule has 1 N–H and O–H groups in total. The predicted octanol–water partition coefficient (Wildman–Crippen LogP) is 3.52. The van der Waals surface area contributed by atoms with Gasteiger partial charge in [0.15, 0.2) is 0 Å². The van der Waals surface area contributed by atoms with Gasteiger partial charge in [-0.15, -0.1) is 22.9 Å². The van der Waals surface area contributed by atoms with Crippen molar-refractivity contribution in [1.29, 1.82) is 0 Å². The van der Waals surface area contributed by atoms with Crippen LogP contribution in [0.3, 0.4) is 0 Å². The number of aryl methyl sites for hydroxylation is 1. The van der Waals surface area contributed by atoms with E-state index >= 15 is 0 Å². The molecule has 17 heavy (non-hydrogen) atoms. The number of alkyl halides is 1. The summed E-state index contributed by atoms with van der Waals surface area (Å²) in [5.74, 6) is 0. The van der Waals surface area contributed by atoms with Crippen molar-refractivity contribution in [3.05, 3.63) is 52.0 Å². The van der Waals surface area contributed by atoms with Crippen LogP contribution in [0.15, 0.2) is 35.7 Å². The molecule has 0 aliphatic rings.